The SMILES string of the molecule is O=C(O)c1nc(C(F)F)c([N+](=O)[O-])cc1O. The molecule has 2 N–H and O–H groups in total. The molecule has 0 bridgehead atoms. The van der Waals surface area contributed by atoms with Crippen molar-refractivity contribution in [3.8, 4) is 5.75 Å². The topological polar surface area (TPSA) is 114 Å². The maximum atomic E-state index is 12.3. The van der Waals surface area contributed by atoms with Crippen LogP contribution in [-0.2, 0) is 0 Å². The number of aromatic carboxylic acids is 1. The summed E-state index contributed by atoms with van der Waals surface area (Å²) in [5.41, 5.74) is -3.47. The fourth-order valence-electron chi connectivity index (χ4n) is 0.971. The molecular formula is C7H4F2N2O5. The van der Waals surface area contributed by atoms with E-state index < -0.39 is 40.1 Å². The zero-order chi connectivity index (χ0) is 12.5. The number of carboxylic acid groups (broad SMARTS) is 1. The number of halogens is 2. The van der Waals surface area contributed by atoms with E-state index in [0.717, 1.165) is 0 Å². The minimum Gasteiger partial charge on any atom is -0.505 e. The number of nitrogens with zero attached hydrogens (tertiary/aromatic N) is 2. The maximum absolute atomic E-state index is 12.3. The Kier molecular flexibility index (Phi) is 2.97. The van der Waals surface area contributed by atoms with Gasteiger partial charge in [0.1, 0.15) is 0 Å². The van der Waals surface area contributed by atoms with Crippen molar-refractivity contribution < 1.29 is 28.7 Å². The van der Waals surface area contributed by atoms with Crippen LogP contribution in [0.3, 0.4) is 0 Å². The molecule has 0 radical (unpaired) electrons. The minimum atomic E-state index is -3.31. The molecule has 1 heterocycles. The van der Waals surface area contributed by atoms with Crippen LogP contribution < -0.4 is 0 Å². The van der Waals surface area contributed by atoms with Crippen LogP contribution in [0.1, 0.15) is 22.6 Å². The second kappa shape index (κ2) is 4.04. The van der Waals surface area contributed by atoms with Crippen LogP contribution >= 0.6 is 0 Å². The van der Waals surface area contributed by atoms with Crippen LogP contribution in [0.2, 0.25) is 0 Å². The zero-order valence-corrected chi connectivity index (χ0v) is 7.42. The first-order valence-corrected chi connectivity index (χ1v) is 3.74. The molecule has 86 valence electrons. The van der Waals surface area contributed by atoms with Crippen molar-refractivity contribution in [2.75, 3.05) is 0 Å². The third-order valence-corrected chi connectivity index (χ3v) is 1.62. The van der Waals surface area contributed by atoms with Crippen molar-refractivity contribution >= 4 is 11.7 Å². The van der Waals surface area contributed by atoms with Gasteiger partial charge in [-0.05, 0) is 0 Å². The van der Waals surface area contributed by atoms with Gasteiger partial charge in [-0.3, -0.25) is 10.1 Å². The summed E-state index contributed by atoms with van der Waals surface area (Å²) in [5, 5.41) is 27.8. The fraction of sp³-hybridized carbons (Fsp3) is 0.143. The first kappa shape index (κ1) is 11.8. The molecule has 0 aliphatic rings. The molecule has 0 amide bonds. The summed E-state index contributed by atoms with van der Waals surface area (Å²) in [5.74, 6) is -2.79. The third kappa shape index (κ3) is 2.02. The Labute approximate surface area is 86.1 Å². The number of aromatic hydroxyl groups is 1. The number of hydrogen-bond donors (Lipinski definition) is 2. The minimum absolute atomic E-state index is 0.331. The molecule has 0 aliphatic carbocycles. The largest absolute Gasteiger partial charge is 0.505 e. The van der Waals surface area contributed by atoms with Gasteiger partial charge in [0.15, 0.2) is 17.1 Å². The van der Waals surface area contributed by atoms with Crippen LogP contribution in [0.25, 0.3) is 0 Å². The van der Waals surface area contributed by atoms with Gasteiger partial charge in [0.25, 0.3) is 12.1 Å². The van der Waals surface area contributed by atoms with Crippen molar-refractivity contribution in [3.05, 3.63) is 27.6 Å². The highest BCUT2D eigenvalue weighted by atomic mass is 19.3. The number of carbonyl (C=O) groups is 1. The summed E-state index contributed by atoms with van der Waals surface area (Å²) < 4.78 is 24.6. The first-order valence-electron chi connectivity index (χ1n) is 3.74. The highest BCUT2D eigenvalue weighted by Gasteiger charge is 2.28. The Morgan fingerprint density at radius 1 is 1.56 bits per heavy atom. The van der Waals surface area contributed by atoms with Gasteiger partial charge in [-0.15, -0.1) is 0 Å². The van der Waals surface area contributed by atoms with Crippen LogP contribution in [0.15, 0.2) is 6.07 Å². The molecule has 7 nitrogen and oxygen atoms in total. The van der Waals surface area contributed by atoms with Gasteiger partial charge in [-0.2, -0.15) is 0 Å². The summed E-state index contributed by atoms with van der Waals surface area (Å²) in [6.45, 7) is 0. The van der Waals surface area contributed by atoms with E-state index >= 15 is 0 Å². The molecule has 0 saturated carbocycles. The quantitative estimate of drug-likeness (QED) is 0.602. The Bertz CT molecular complexity index is 462. The molecule has 16 heavy (non-hydrogen) atoms. The van der Waals surface area contributed by atoms with Gasteiger partial charge >= 0.3 is 5.97 Å². The molecule has 0 aromatic carbocycles. The average molecular weight is 234 g/mol. The van der Waals surface area contributed by atoms with Gasteiger partial charge in [-0.25, -0.2) is 18.6 Å². The van der Waals surface area contributed by atoms with Gasteiger partial charge < -0.3 is 10.2 Å². The number of hydrogen-bond acceptors (Lipinski definition) is 5. The van der Waals surface area contributed by atoms with Crippen LogP contribution in [-0.4, -0.2) is 26.1 Å². The maximum Gasteiger partial charge on any atom is 0.358 e. The van der Waals surface area contributed by atoms with E-state index in [1.807, 2.05) is 0 Å². The van der Waals surface area contributed by atoms with E-state index in [1.54, 1.807) is 0 Å². The van der Waals surface area contributed by atoms with Crippen molar-refractivity contribution in [3.63, 3.8) is 0 Å². The zero-order valence-electron chi connectivity index (χ0n) is 7.42. The van der Waals surface area contributed by atoms with E-state index in [4.69, 9.17) is 10.2 Å². The first-order chi connectivity index (χ1) is 7.34. The molecule has 0 aliphatic heterocycles. The number of rotatable bonds is 3. The van der Waals surface area contributed by atoms with E-state index in [9.17, 15) is 23.7 Å². The Morgan fingerprint density at radius 3 is 2.50 bits per heavy atom. The lowest BCUT2D eigenvalue weighted by Gasteiger charge is -2.03. The highest BCUT2D eigenvalue weighted by Crippen LogP contribution is 2.31. The second-order valence-electron chi connectivity index (χ2n) is 2.62. The molecular weight excluding hydrogens is 230 g/mol. The number of pyridine rings is 1. The Hall–Kier alpha value is -2.32. The van der Waals surface area contributed by atoms with Gasteiger partial charge in [0, 0.05) is 0 Å². The molecule has 0 atom stereocenters. The van der Waals surface area contributed by atoms with Crippen molar-refractivity contribution in [1.29, 1.82) is 0 Å². The highest BCUT2D eigenvalue weighted by molar-refractivity contribution is 5.88. The van der Waals surface area contributed by atoms with Crippen molar-refractivity contribution in [2.45, 2.75) is 6.43 Å². The predicted molar refractivity (Wildman–Crippen MR) is 44.5 cm³/mol. The molecule has 1 aromatic heterocycles. The predicted octanol–water partition coefficient (Wildman–Crippen LogP) is 1.33. The normalized spacial score (nSPS) is 10.4. The van der Waals surface area contributed by atoms with Crippen LogP contribution in [0.4, 0.5) is 14.5 Å². The smallest absolute Gasteiger partial charge is 0.358 e. The van der Waals surface area contributed by atoms with Gasteiger partial charge in [-0.1, -0.05) is 0 Å². The third-order valence-electron chi connectivity index (χ3n) is 1.62. The number of aromatic nitrogens is 1. The Balaban J connectivity index is 3.49. The van der Waals surface area contributed by atoms with Gasteiger partial charge in [0.2, 0.25) is 0 Å². The molecule has 0 fully saturated rings. The average Bonchev–Trinajstić information content (AvgIpc) is 2.15. The summed E-state index contributed by atoms with van der Waals surface area (Å²) in [4.78, 5) is 22.4. The summed E-state index contributed by atoms with van der Waals surface area (Å²) in [7, 11) is 0. The standard InChI is InChI=1S/C7H4F2N2O5/c8-6(9)4-2(11(15)16)1-3(12)5(10-4)7(13)14/h1,6,12H,(H,13,14). The number of alkyl halides is 2. The van der Waals surface area contributed by atoms with E-state index in [-0.39, 0.29) is 0 Å². The van der Waals surface area contributed by atoms with Gasteiger partial charge in [0.05, 0.1) is 11.0 Å². The summed E-state index contributed by atoms with van der Waals surface area (Å²) in [6.07, 6.45) is -3.31. The monoisotopic (exact) mass is 234 g/mol. The lowest BCUT2D eigenvalue weighted by Crippen LogP contribution is -2.07. The molecule has 1 aromatic rings. The lowest BCUT2D eigenvalue weighted by atomic mass is 10.2. The van der Waals surface area contributed by atoms with Crippen molar-refractivity contribution in [1.82, 2.24) is 4.98 Å². The summed E-state index contributed by atoms with van der Waals surface area (Å²) in [6, 6.07) is 0.331. The van der Waals surface area contributed by atoms with E-state index in [1.165, 1.54) is 0 Å². The van der Waals surface area contributed by atoms with E-state index in [2.05, 4.69) is 4.98 Å². The Morgan fingerprint density at radius 2 is 2.12 bits per heavy atom. The number of carboxylic acids is 1. The molecule has 1 rings (SSSR count). The van der Waals surface area contributed by atoms with Crippen molar-refractivity contribution in [2.24, 2.45) is 0 Å². The molecule has 9 heteroatoms. The number of nitro groups is 1. The van der Waals surface area contributed by atoms with E-state index in [0.29, 0.717) is 6.07 Å². The lowest BCUT2D eigenvalue weighted by molar-refractivity contribution is -0.386. The molecule has 0 spiro atoms. The molecule has 0 saturated heterocycles. The molecule has 0 unspecified atom stereocenters. The second-order valence-corrected chi connectivity index (χ2v) is 2.62. The fourth-order valence-corrected chi connectivity index (χ4v) is 0.971. The van der Waals surface area contributed by atoms with Crippen LogP contribution in [0.5, 0.6) is 5.75 Å². The summed E-state index contributed by atoms with van der Waals surface area (Å²) >= 11 is 0. The van der Waals surface area contributed by atoms with Crippen LogP contribution in [0, 0.1) is 10.1 Å².